The molecule has 1 aliphatic heterocycles. The number of rotatable bonds is 2. The van der Waals surface area contributed by atoms with Gasteiger partial charge in [0, 0.05) is 11.0 Å². The predicted molar refractivity (Wildman–Crippen MR) is 79.1 cm³/mol. The first-order valence-corrected chi connectivity index (χ1v) is 7.45. The van der Waals surface area contributed by atoms with E-state index in [0.29, 0.717) is 16.7 Å². The van der Waals surface area contributed by atoms with Crippen LogP contribution in [0.5, 0.6) is 0 Å². The van der Waals surface area contributed by atoms with Crippen molar-refractivity contribution in [1.29, 1.82) is 0 Å². The molecule has 0 spiro atoms. The van der Waals surface area contributed by atoms with Gasteiger partial charge in [-0.2, -0.15) is 0 Å². The molecule has 1 aliphatic rings. The molecule has 20 heavy (non-hydrogen) atoms. The highest BCUT2D eigenvalue weighted by molar-refractivity contribution is 9.10. The second-order valence-electron chi connectivity index (χ2n) is 5.12. The van der Waals surface area contributed by atoms with Gasteiger partial charge in [-0.15, -0.1) is 0 Å². The molecule has 2 amide bonds. The van der Waals surface area contributed by atoms with E-state index in [-0.39, 0.29) is 30.4 Å². The summed E-state index contributed by atoms with van der Waals surface area (Å²) in [5.74, 6) is -0.0918. The fourth-order valence-corrected chi connectivity index (χ4v) is 3.01. The molecule has 0 radical (unpaired) electrons. The molecule has 0 aromatic heterocycles. The van der Waals surface area contributed by atoms with Crippen molar-refractivity contribution in [2.45, 2.75) is 25.8 Å². The molecule has 1 heterocycles. The zero-order valence-corrected chi connectivity index (χ0v) is 12.9. The van der Waals surface area contributed by atoms with E-state index in [1.54, 1.807) is 4.90 Å². The first-order valence-electron chi connectivity index (χ1n) is 6.66. The number of carbonyl (C=O) groups excluding carboxylic acids is 1. The average Bonchev–Trinajstić information content (AvgIpc) is 2.41. The molecule has 0 saturated carbocycles. The summed E-state index contributed by atoms with van der Waals surface area (Å²) < 4.78 is 13.5. The van der Waals surface area contributed by atoms with Crippen LogP contribution in [0.3, 0.4) is 0 Å². The van der Waals surface area contributed by atoms with E-state index in [9.17, 15) is 14.3 Å². The average molecular weight is 345 g/mol. The van der Waals surface area contributed by atoms with Crippen molar-refractivity contribution in [2.24, 2.45) is 5.92 Å². The fourth-order valence-electron chi connectivity index (χ4n) is 2.56. The van der Waals surface area contributed by atoms with Crippen LogP contribution in [-0.2, 0) is 0 Å². The van der Waals surface area contributed by atoms with Crippen LogP contribution in [0.15, 0.2) is 22.7 Å². The van der Waals surface area contributed by atoms with Gasteiger partial charge in [-0.25, -0.2) is 9.18 Å². The SMILES string of the molecule is C[C@H]1CCCN(C(=O)Nc2ccc(F)cc2Br)[C@@H]1CO. The monoisotopic (exact) mass is 344 g/mol. The predicted octanol–water partition coefficient (Wildman–Crippen LogP) is 3.21. The molecule has 1 aromatic carbocycles. The first-order chi connectivity index (χ1) is 9.52. The number of aliphatic hydroxyl groups excluding tert-OH is 1. The number of hydrogen-bond acceptors (Lipinski definition) is 2. The van der Waals surface area contributed by atoms with E-state index in [1.165, 1.54) is 18.2 Å². The van der Waals surface area contributed by atoms with Crippen LogP contribution in [-0.4, -0.2) is 35.2 Å². The van der Waals surface area contributed by atoms with Crippen molar-refractivity contribution < 1.29 is 14.3 Å². The van der Waals surface area contributed by atoms with Gasteiger partial charge in [0.25, 0.3) is 0 Å². The molecule has 110 valence electrons. The largest absolute Gasteiger partial charge is 0.394 e. The van der Waals surface area contributed by atoms with Crippen molar-refractivity contribution in [3.8, 4) is 0 Å². The Labute approximate surface area is 126 Å². The maximum Gasteiger partial charge on any atom is 0.322 e. The maximum atomic E-state index is 13.0. The molecule has 2 rings (SSSR count). The van der Waals surface area contributed by atoms with Gasteiger partial charge in [-0.3, -0.25) is 0 Å². The zero-order valence-electron chi connectivity index (χ0n) is 11.3. The van der Waals surface area contributed by atoms with Crippen LogP contribution in [0.25, 0.3) is 0 Å². The van der Waals surface area contributed by atoms with Crippen LogP contribution >= 0.6 is 15.9 Å². The van der Waals surface area contributed by atoms with Gasteiger partial charge in [-0.05, 0) is 52.9 Å². The summed E-state index contributed by atoms with van der Waals surface area (Å²) in [5, 5.41) is 12.2. The third-order valence-electron chi connectivity index (χ3n) is 3.74. The Kier molecular flexibility index (Phi) is 4.99. The van der Waals surface area contributed by atoms with Gasteiger partial charge in [0.1, 0.15) is 5.82 Å². The molecular weight excluding hydrogens is 327 g/mol. The third-order valence-corrected chi connectivity index (χ3v) is 4.39. The molecule has 0 bridgehead atoms. The highest BCUT2D eigenvalue weighted by Crippen LogP contribution is 2.26. The number of nitrogens with one attached hydrogen (secondary N) is 1. The van der Waals surface area contributed by atoms with Gasteiger partial charge in [-0.1, -0.05) is 6.92 Å². The highest BCUT2D eigenvalue weighted by Gasteiger charge is 2.31. The lowest BCUT2D eigenvalue weighted by atomic mass is 9.91. The number of halogens is 2. The molecule has 2 atom stereocenters. The Balaban J connectivity index is 2.10. The summed E-state index contributed by atoms with van der Waals surface area (Å²) in [6, 6.07) is 3.69. The zero-order chi connectivity index (χ0) is 14.7. The normalized spacial score (nSPS) is 22.7. The van der Waals surface area contributed by atoms with Crippen molar-refractivity contribution in [2.75, 3.05) is 18.5 Å². The number of carbonyl (C=O) groups is 1. The van der Waals surface area contributed by atoms with E-state index >= 15 is 0 Å². The van der Waals surface area contributed by atoms with Crippen molar-refractivity contribution in [1.82, 2.24) is 4.90 Å². The second-order valence-corrected chi connectivity index (χ2v) is 5.97. The van der Waals surface area contributed by atoms with Crippen molar-refractivity contribution in [3.05, 3.63) is 28.5 Å². The van der Waals surface area contributed by atoms with Gasteiger partial charge >= 0.3 is 6.03 Å². The van der Waals surface area contributed by atoms with Crippen molar-refractivity contribution >= 4 is 27.6 Å². The van der Waals surface area contributed by atoms with Gasteiger partial charge in [0.15, 0.2) is 0 Å². The number of nitrogens with zero attached hydrogens (tertiary/aromatic N) is 1. The number of likely N-dealkylation sites (tertiary alicyclic amines) is 1. The van der Waals surface area contributed by atoms with E-state index in [4.69, 9.17) is 0 Å². The number of aliphatic hydroxyl groups is 1. The fraction of sp³-hybridized carbons (Fsp3) is 0.500. The third kappa shape index (κ3) is 3.30. The molecule has 0 unspecified atom stereocenters. The van der Waals surface area contributed by atoms with E-state index < -0.39 is 0 Å². The van der Waals surface area contributed by atoms with Crippen LogP contribution in [0.4, 0.5) is 14.9 Å². The summed E-state index contributed by atoms with van der Waals surface area (Å²) in [7, 11) is 0. The lowest BCUT2D eigenvalue weighted by molar-refractivity contribution is 0.0811. The lowest BCUT2D eigenvalue weighted by Gasteiger charge is -2.38. The van der Waals surface area contributed by atoms with Gasteiger partial charge in [0.2, 0.25) is 0 Å². The Hall–Kier alpha value is -1.14. The lowest BCUT2D eigenvalue weighted by Crippen LogP contribution is -2.51. The molecule has 1 saturated heterocycles. The van der Waals surface area contributed by atoms with Gasteiger partial charge < -0.3 is 15.3 Å². The summed E-state index contributed by atoms with van der Waals surface area (Å²) >= 11 is 3.22. The van der Waals surface area contributed by atoms with Crippen LogP contribution in [0, 0.1) is 11.7 Å². The van der Waals surface area contributed by atoms with E-state index in [0.717, 1.165) is 12.8 Å². The second kappa shape index (κ2) is 6.54. The Bertz CT molecular complexity index is 498. The van der Waals surface area contributed by atoms with E-state index in [1.807, 2.05) is 6.92 Å². The quantitative estimate of drug-likeness (QED) is 0.865. The Morgan fingerprint density at radius 2 is 2.35 bits per heavy atom. The Morgan fingerprint density at radius 1 is 1.60 bits per heavy atom. The van der Waals surface area contributed by atoms with Crippen LogP contribution in [0.2, 0.25) is 0 Å². The standard InChI is InChI=1S/C14H18BrFN2O2/c1-9-3-2-6-18(13(9)8-19)14(20)17-12-5-4-10(16)7-11(12)15/h4-5,7,9,13,19H,2-3,6,8H2,1H3,(H,17,20)/t9-,13+/m0/s1. The topological polar surface area (TPSA) is 52.6 Å². The summed E-state index contributed by atoms with van der Waals surface area (Å²) in [5.41, 5.74) is 0.520. The summed E-state index contributed by atoms with van der Waals surface area (Å²) in [4.78, 5) is 14.0. The smallest absolute Gasteiger partial charge is 0.322 e. The first kappa shape index (κ1) is 15.3. The molecule has 6 heteroatoms. The molecule has 4 nitrogen and oxygen atoms in total. The summed E-state index contributed by atoms with van der Waals surface area (Å²) in [6.07, 6.45) is 1.94. The molecule has 1 aromatic rings. The maximum absolute atomic E-state index is 13.0. The highest BCUT2D eigenvalue weighted by atomic mass is 79.9. The minimum atomic E-state index is -0.366. The van der Waals surface area contributed by atoms with Crippen LogP contribution in [0.1, 0.15) is 19.8 Å². The number of anilines is 1. The number of piperidine rings is 1. The van der Waals surface area contributed by atoms with Crippen molar-refractivity contribution in [3.63, 3.8) is 0 Å². The Morgan fingerprint density at radius 3 is 3.00 bits per heavy atom. The molecule has 2 N–H and O–H groups in total. The molecule has 1 fully saturated rings. The minimum Gasteiger partial charge on any atom is -0.394 e. The number of hydrogen-bond donors (Lipinski definition) is 2. The summed E-state index contributed by atoms with van der Waals surface area (Å²) in [6.45, 7) is 2.62. The number of amides is 2. The number of urea groups is 1. The minimum absolute atomic E-state index is 0.0425. The molecule has 0 aliphatic carbocycles. The molecular formula is C14H18BrFN2O2. The van der Waals surface area contributed by atoms with E-state index in [2.05, 4.69) is 21.2 Å². The number of benzene rings is 1. The van der Waals surface area contributed by atoms with Crippen LogP contribution < -0.4 is 5.32 Å². The van der Waals surface area contributed by atoms with Gasteiger partial charge in [0.05, 0.1) is 18.3 Å².